The van der Waals surface area contributed by atoms with Crippen molar-refractivity contribution in [2.45, 2.75) is 13.1 Å². The molecule has 3 rings (SSSR count). The lowest BCUT2D eigenvalue weighted by Crippen LogP contribution is -2.26. The molecule has 0 bridgehead atoms. The van der Waals surface area contributed by atoms with Crippen molar-refractivity contribution in [1.29, 1.82) is 0 Å². The molecule has 0 saturated carbocycles. The molecule has 25 heavy (non-hydrogen) atoms. The molecule has 2 heterocycles. The SMILES string of the molecule is O=C(NCc1ccccc1)c1ccnc(C(=O)NCc2ccco2)c1. The quantitative estimate of drug-likeness (QED) is 0.725. The van der Waals surface area contributed by atoms with Crippen molar-refractivity contribution in [3.05, 3.63) is 89.6 Å². The van der Waals surface area contributed by atoms with Crippen LogP contribution in [0.5, 0.6) is 0 Å². The number of hydrogen-bond acceptors (Lipinski definition) is 4. The number of rotatable bonds is 6. The van der Waals surface area contributed by atoms with Gasteiger partial charge in [-0.1, -0.05) is 30.3 Å². The summed E-state index contributed by atoms with van der Waals surface area (Å²) >= 11 is 0. The van der Waals surface area contributed by atoms with Gasteiger partial charge in [0.15, 0.2) is 0 Å². The zero-order valence-electron chi connectivity index (χ0n) is 13.4. The summed E-state index contributed by atoms with van der Waals surface area (Å²) in [6.07, 6.45) is 2.98. The van der Waals surface area contributed by atoms with E-state index in [9.17, 15) is 9.59 Å². The third-order valence-corrected chi connectivity index (χ3v) is 3.55. The Balaban J connectivity index is 1.60. The molecule has 0 unspecified atom stereocenters. The van der Waals surface area contributed by atoms with E-state index in [4.69, 9.17) is 4.42 Å². The molecule has 0 spiro atoms. The largest absolute Gasteiger partial charge is 0.467 e. The number of nitrogens with one attached hydrogen (secondary N) is 2. The molecule has 126 valence electrons. The van der Waals surface area contributed by atoms with E-state index in [1.165, 1.54) is 18.5 Å². The van der Waals surface area contributed by atoms with Crippen LogP contribution in [0.4, 0.5) is 0 Å². The number of carbonyl (C=O) groups excluding carboxylic acids is 2. The van der Waals surface area contributed by atoms with Crippen molar-refractivity contribution in [2.24, 2.45) is 0 Å². The highest BCUT2D eigenvalue weighted by Crippen LogP contribution is 2.05. The molecule has 0 radical (unpaired) electrons. The lowest BCUT2D eigenvalue weighted by Gasteiger charge is -2.07. The van der Waals surface area contributed by atoms with E-state index < -0.39 is 0 Å². The van der Waals surface area contributed by atoms with Gasteiger partial charge in [0.25, 0.3) is 11.8 Å². The monoisotopic (exact) mass is 335 g/mol. The molecule has 0 aliphatic rings. The number of furan rings is 1. The maximum Gasteiger partial charge on any atom is 0.270 e. The molecule has 2 N–H and O–H groups in total. The zero-order chi connectivity index (χ0) is 17.5. The summed E-state index contributed by atoms with van der Waals surface area (Å²) in [5.41, 5.74) is 1.56. The first-order valence-corrected chi connectivity index (χ1v) is 7.81. The van der Waals surface area contributed by atoms with Crippen LogP contribution in [0, 0.1) is 0 Å². The first-order valence-electron chi connectivity index (χ1n) is 7.81. The van der Waals surface area contributed by atoms with Crippen LogP contribution in [0.1, 0.15) is 32.2 Å². The zero-order valence-corrected chi connectivity index (χ0v) is 13.4. The van der Waals surface area contributed by atoms with Gasteiger partial charge in [-0.3, -0.25) is 14.6 Å². The Kier molecular flexibility index (Phi) is 5.21. The van der Waals surface area contributed by atoms with Crippen molar-refractivity contribution in [1.82, 2.24) is 15.6 Å². The summed E-state index contributed by atoms with van der Waals surface area (Å²) in [7, 11) is 0. The number of hydrogen-bond donors (Lipinski definition) is 2. The molecule has 0 saturated heterocycles. The van der Waals surface area contributed by atoms with Gasteiger partial charge in [-0.05, 0) is 29.8 Å². The predicted molar refractivity (Wildman–Crippen MR) is 91.7 cm³/mol. The van der Waals surface area contributed by atoms with Crippen molar-refractivity contribution in [3.8, 4) is 0 Å². The minimum Gasteiger partial charge on any atom is -0.467 e. The number of aromatic nitrogens is 1. The summed E-state index contributed by atoms with van der Waals surface area (Å²) < 4.78 is 5.16. The van der Waals surface area contributed by atoms with E-state index in [0.717, 1.165) is 5.56 Å². The topological polar surface area (TPSA) is 84.2 Å². The van der Waals surface area contributed by atoms with Gasteiger partial charge < -0.3 is 15.1 Å². The van der Waals surface area contributed by atoms with Crippen LogP contribution in [0.25, 0.3) is 0 Å². The van der Waals surface area contributed by atoms with E-state index in [1.807, 2.05) is 30.3 Å². The minimum atomic E-state index is -0.367. The van der Waals surface area contributed by atoms with E-state index in [-0.39, 0.29) is 24.1 Å². The van der Waals surface area contributed by atoms with Crippen LogP contribution in [-0.4, -0.2) is 16.8 Å². The molecule has 6 heteroatoms. The standard InChI is InChI=1S/C19H17N3O3/c23-18(21-12-14-5-2-1-3-6-14)15-8-9-20-17(11-15)19(24)22-13-16-7-4-10-25-16/h1-11H,12-13H2,(H,21,23)(H,22,24). The van der Waals surface area contributed by atoms with Crippen LogP contribution in [0.3, 0.4) is 0 Å². The number of nitrogens with zero attached hydrogens (tertiary/aromatic N) is 1. The first-order chi connectivity index (χ1) is 12.2. The second kappa shape index (κ2) is 7.92. The van der Waals surface area contributed by atoms with Gasteiger partial charge >= 0.3 is 0 Å². The molecule has 3 aromatic rings. The third kappa shape index (κ3) is 4.54. The smallest absolute Gasteiger partial charge is 0.270 e. The Hall–Kier alpha value is -3.41. The summed E-state index contributed by atoms with van der Waals surface area (Å²) in [6.45, 7) is 0.681. The maximum absolute atomic E-state index is 12.3. The Morgan fingerprint density at radius 3 is 2.48 bits per heavy atom. The Bertz CT molecular complexity index is 845. The number of carbonyl (C=O) groups is 2. The fourth-order valence-electron chi connectivity index (χ4n) is 2.25. The maximum atomic E-state index is 12.3. The molecule has 0 aliphatic heterocycles. The van der Waals surface area contributed by atoms with Gasteiger partial charge in [0.05, 0.1) is 12.8 Å². The van der Waals surface area contributed by atoms with Gasteiger partial charge in [0.1, 0.15) is 11.5 Å². The normalized spacial score (nSPS) is 10.2. The molecule has 0 atom stereocenters. The lowest BCUT2D eigenvalue weighted by molar-refractivity contribution is 0.0943. The molecule has 0 aliphatic carbocycles. The van der Waals surface area contributed by atoms with E-state index in [2.05, 4.69) is 15.6 Å². The van der Waals surface area contributed by atoms with Crippen molar-refractivity contribution in [2.75, 3.05) is 0 Å². The number of pyridine rings is 1. The molecule has 0 fully saturated rings. The Morgan fingerprint density at radius 1 is 0.920 bits per heavy atom. The second-order valence-corrected chi connectivity index (χ2v) is 5.36. The highest BCUT2D eigenvalue weighted by Gasteiger charge is 2.12. The summed E-state index contributed by atoms with van der Waals surface area (Å²) in [5, 5.41) is 5.52. The van der Waals surface area contributed by atoms with Crippen molar-refractivity contribution < 1.29 is 14.0 Å². The van der Waals surface area contributed by atoms with E-state index in [0.29, 0.717) is 17.9 Å². The van der Waals surface area contributed by atoms with Crippen LogP contribution in [-0.2, 0) is 13.1 Å². The average molecular weight is 335 g/mol. The van der Waals surface area contributed by atoms with Crippen molar-refractivity contribution in [3.63, 3.8) is 0 Å². The fourth-order valence-corrected chi connectivity index (χ4v) is 2.25. The summed E-state index contributed by atoms with van der Waals surface area (Å²) in [5.74, 6) is 0.0190. The molecule has 2 aromatic heterocycles. The van der Waals surface area contributed by atoms with Crippen LogP contribution in [0.2, 0.25) is 0 Å². The highest BCUT2D eigenvalue weighted by molar-refractivity contribution is 5.98. The van der Waals surface area contributed by atoms with Crippen LogP contribution in [0.15, 0.2) is 71.5 Å². The number of amides is 2. The van der Waals surface area contributed by atoms with Crippen molar-refractivity contribution >= 4 is 11.8 Å². The summed E-state index contributed by atoms with van der Waals surface area (Å²) in [4.78, 5) is 28.4. The summed E-state index contributed by atoms with van der Waals surface area (Å²) in [6, 6.07) is 16.2. The number of benzene rings is 1. The third-order valence-electron chi connectivity index (χ3n) is 3.55. The minimum absolute atomic E-state index is 0.180. The molecular formula is C19H17N3O3. The van der Waals surface area contributed by atoms with Gasteiger partial charge in [0.2, 0.25) is 0 Å². The van der Waals surface area contributed by atoms with Gasteiger partial charge in [-0.2, -0.15) is 0 Å². The first kappa shape index (κ1) is 16.4. The Morgan fingerprint density at radius 2 is 1.72 bits per heavy atom. The molecule has 1 aromatic carbocycles. The molecular weight excluding hydrogens is 318 g/mol. The van der Waals surface area contributed by atoms with Crippen LogP contribution < -0.4 is 10.6 Å². The van der Waals surface area contributed by atoms with Gasteiger partial charge in [0, 0.05) is 18.3 Å². The lowest BCUT2D eigenvalue weighted by atomic mass is 10.2. The van der Waals surface area contributed by atoms with Gasteiger partial charge in [-0.15, -0.1) is 0 Å². The fraction of sp³-hybridized carbons (Fsp3) is 0.105. The van der Waals surface area contributed by atoms with Gasteiger partial charge in [-0.25, -0.2) is 0 Å². The second-order valence-electron chi connectivity index (χ2n) is 5.36. The Labute approximate surface area is 144 Å². The van der Waals surface area contributed by atoms with E-state index in [1.54, 1.807) is 18.2 Å². The highest BCUT2D eigenvalue weighted by atomic mass is 16.3. The average Bonchev–Trinajstić information content (AvgIpc) is 3.18. The van der Waals surface area contributed by atoms with E-state index >= 15 is 0 Å². The van der Waals surface area contributed by atoms with Crippen LogP contribution >= 0.6 is 0 Å². The molecule has 6 nitrogen and oxygen atoms in total. The molecule has 2 amide bonds. The predicted octanol–water partition coefficient (Wildman–Crippen LogP) is 2.53.